The number of ether oxygens (including phenoxy) is 2. The second-order valence-electron chi connectivity index (χ2n) is 6.37. The Morgan fingerprint density at radius 2 is 1.31 bits per heavy atom. The van der Waals surface area contributed by atoms with Crippen molar-refractivity contribution in [2.75, 3.05) is 19.1 Å². The van der Waals surface area contributed by atoms with Crippen LogP contribution in [-0.4, -0.2) is 31.0 Å². The molecule has 0 aliphatic rings. The van der Waals surface area contributed by atoms with Crippen LogP contribution in [0.15, 0.2) is 24.3 Å². The Morgan fingerprint density at radius 3 is 1.81 bits per heavy atom. The average molecular weight is 383 g/mol. The van der Waals surface area contributed by atoms with Crippen LogP contribution in [0.4, 0.5) is 0 Å². The van der Waals surface area contributed by atoms with E-state index in [1.807, 2.05) is 0 Å². The second kappa shape index (κ2) is 14.6. The lowest BCUT2D eigenvalue weighted by Gasteiger charge is -2.07. The minimum Gasteiger partial charge on any atom is -0.462 e. The molecule has 0 radical (unpaired) electrons. The van der Waals surface area contributed by atoms with Crippen LogP contribution in [0.5, 0.6) is 0 Å². The molecular formula is C21H31ClO4. The Balaban J connectivity index is 2.34. The van der Waals surface area contributed by atoms with Gasteiger partial charge in [-0.3, -0.25) is 0 Å². The minimum atomic E-state index is -0.406. The fourth-order valence-corrected chi connectivity index (χ4v) is 2.71. The van der Waals surface area contributed by atoms with Crippen molar-refractivity contribution in [3.05, 3.63) is 35.4 Å². The fourth-order valence-electron chi connectivity index (χ4n) is 2.53. The summed E-state index contributed by atoms with van der Waals surface area (Å²) in [5.41, 5.74) is 0.762. The summed E-state index contributed by atoms with van der Waals surface area (Å²) in [6.07, 6.45) is 9.35. The van der Waals surface area contributed by atoms with E-state index in [1.54, 1.807) is 18.2 Å². The number of unbranched alkanes of at least 4 members (excludes halogenated alkanes) is 7. The van der Waals surface area contributed by atoms with E-state index in [9.17, 15) is 9.59 Å². The van der Waals surface area contributed by atoms with Crippen LogP contribution in [0.25, 0.3) is 0 Å². The fraction of sp³-hybridized carbons (Fsp3) is 0.619. The Bertz CT molecular complexity index is 487. The van der Waals surface area contributed by atoms with E-state index < -0.39 is 11.9 Å². The maximum absolute atomic E-state index is 12.1. The molecule has 0 aliphatic heterocycles. The zero-order valence-electron chi connectivity index (χ0n) is 15.8. The molecule has 0 unspecified atom stereocenters. The molecule has 0 saturated heterocycles. The van der Waals surface area contributed by atoms with Gasteiger partial charge in [-0.25, -0.2) is 9.59 Å². The van der Waals surface area contributed by atoms with Crippen molar-refractivity contribution in [2.45, 2.75) is 64.7 Å². The van der Waals surface area contributed by atoms with Gasteiger partial charge in [0.25, 0.3) is 0 Å². The van der Waals surface area contributed by atoms with Crippen molar-refractivity contribution in [3.63, 3.8) is 0 Å². The first-order valence-electron chi connectivity index (χ1n) is 9.69. The van der Waals surface area contributed by atoms with Crippen LogP contribution in [0, 0.1) is 0 Å². The van der Waals surface area contributed by atoms with Gasteiger partial charge in [-0.1, -0.05) is 51.5 Å². The number of esters is 2. The average Bonchev–Trinajstić information content (AvgIpc) is 2.67. The second-order valence-corrected chi connectivity index (χ2v) is 6.75. The molecule has 1 aromatic carbocycles. The highest BCUT2D eigenvalue weighted by Gasteiger charge is 2.12. The molecule has 5 heteroatoms. The molecule has 0 amide bonds. The van der Waals surface area contributed by atoms with Crippen molar-refractivity contribution in [1.82, 2.24) is 0 Å². The highest BCUT2D eigenvalue weighted by Crippen LogP contribution is 2.10. The predicted molar refractivity (Wildman–Crippen MR) is 105 cm³/mol. The van der Waals surface area contributed by atoms with Crippen molar-refractivity contribution < 1.29 is 19.1 Å². The van der Waals surface area contributed by atoms with Gasteiger partial charge in [0.2, 0.25) is 0 Å². The molecule has 26 heavy (non-hydrogen) atoms. The van der Waals surface area contributed by atoms with Crippen LogP contribution >= 0.6 is 11.6 Å². The molecule has 0 atom stereocenters. The molecule has 0 aliphatic carbocycles. The molecule has 0 N–H and O–H groups in total. The molecule has 0 heterocycles. The molecular weight excluding hydrogens is 352 g/mol. The Labute approximate surface area is 162 Å². The largest absolute Gasteiger partial charge is 0.462 e. The molecule has 0 saturated carbocycles. The van der Waals surface area contributed by atoms with E-state index >= 15 is 0 Å². The lowest BCUT2D eigenvalue weighted by atomic mass is 10.1. The van der Waals surface area contributed by atoms with Gasteiger partial charge in [0.15, 0.2) is 0 Å². The molecule has 1 rings (SSSR count). The van der Waals surface area contributed by atoms with Crippen molar-refractivity contribution in [3.8, 4) is 0 Å². The van der Waals surface area contributed by atoms with Gasteiger partial charge >= 0.3 is 11.9 Å². The summed E-state index contributed by atoms with van der Waals surface area (Å²) >= 11 is 5.62. The summed E-state index contributed by atoms with van der Waals surface area (Å²) in [5, 5.41) is 0. The Kier molecular flexibility index (Phi) is 12.6. The van der Waals surface area contributed by atoms with Crippen LogP contribution in [-0.2, 0) is 9.47 Å². The molecule has 0 fully saturated rings. The monoisotopic (exact) mass is 382 g/mol. The first-order valence-corrected chi connectivity index (χ1v) is 10.2. The third-order valence-corrected chi connectivity index (χ3v) is 4.34. The summed E-state index contributed by atoms with van der Waals surface area (Å²) in [6.45, 7) is 2.97. The van der Waals surface area contributed by atoms with Crippen molar-refractivity contribution in [1.29, 1.82) is 0 Å². The number of rotatable bonds is 14. The molecule has 1 aromatic rings. The third kappa shape index (κ3) is 9.81. The number of halogens is 1. The van der Waals surface area contributed by atoms with Gasteiger partial charge in [-0.15, -0.1) is 11.6 Å². The van der Waals surface area contributed by atoms with E-state index in [1.165, 1.54) is 25.3 Å². The zero-order valence-corrected chi connectivity index (χ0v) is 16.6. The number of hydrogen-bond donors (Lipinski definition) is 0. The first-order chi connectivity index (χ1) is 12.7. The van der Waals surface area contributed by atoms with Gasteiger partial charge in [0, 0.05) is 5.88 Å². The zero-order chi connectivity index (χ0) is 19.0. The topological polar surface area (TPSA) is 52.6 Å². The van der Waals surface area contributed by atoms with Crippen molar-refractivity contribution in [2.24, 2.45) is 0 Å². The maximum Gasteiger partial charge on any atom is 0.338 e. The summed E-state index contributed by atoms with van der Waals surface area (Å²) < 4.78 is 10.5. The highest BCUT2D eigenvalue weighted by molar-refractivity contribution is 6.17. The molecule has 0 aromatic heterocycles. The first kappa shape index (κ1) is 22.5. The van der Waals surface area contributed by atoms with E-state index in [0.29, 0.717) is 30.2 Å². The lowest BCUT2D eigenvalue weighted by molar-refractivity contribution is 0.0496. The summed E-state index contributed by atoms with van der Waals surface area (Å²) in [5.74, 6) is -0.130. The minimum absolute atomic E-state index is 0.378. The molecule has 0 bridgehead atoms. The molecule has 4 nitrogen and oxygen atoms in total. The van der Waals surface area contributed by atoms with Crippen LogP contribution in [0.1, 0.15) is 85.4 Å². The molecule has 0 spiro atoms. The number of benzene rings is 1. The number of alkyl halides is 1. The number of hydrogen-bond acceptors (Lipinski definition) is 4. The Morgan fingerprint density at radius 1 is 0.808 bits per heavy atom. The van der Waals surface area contributed by atoms with Gasteiger partial charge < -0.3 is 9.47 Å². The lowest BCUT2D eigenvalue weighted by Crippen LogP contribution is -2.10. The van der Waals surface area contributed by atoms with E-state index in [-0.39, 0.29) is 0 Å². The van der Waals surface area contributed by atoms with Crippen LogP contribution in [0.3, 0.4) is 0 Å². The van der Waals surface area contributed by atoms with Gasteiger partial charge in [-0.2, -0.15) is 0 Å². The van der Waals surface area contributed by atoms with Gasteiger partial charge in [0.05, 0.1) is 24.3 Å². The van der Waals surface area contributed by atoms with Gasteiger partial charge in [-0.05, 0) is 37.5 Å². The number of carbonyl (C=O) groups is 2. The van der Waals surface area contributed by atoms with Crippen LogP contribution in [0.2, 0.25) is 0 Å². The smallest absolute Gasteiger partial charge is 0.338 e. The summed E-state index contributed by atoms with van der Waals surface area (Å²) in [4.78, 5) is 24.2. The van der Waals surface area contributed by atoms with Gasteiger partial charge in [0.1, 0.15) is 0 Å². The molecule has 146 valence electrons. The normalized spacial score (nSPS) is 10.5. The standard InChI is InChI=1S/C21H31ClO4/c1-2-3-4-6-9-15-25-20(23)18-12-11-13-19(17-18)21(24)26-16-10-7-5-8-14-22/h11-13,17H,2-10,14-16H2,1H3. The third-order valence-electron chi connectivity index (χ3n) is 4.08. The SMILES string of the molecule is CCCCCCCOC(=O)c1cccc(C(=O)OCCCCCCCl)c1. The highest BCUT2D eigenvalue weighted by atomic mass is 35.5. The summed E-state index contributed by atoms with van der Waals surface area (Å²) in [6, 6.07) is 6.52. The Hall–Kier alpha value is -1.55. The van der Waals surface area contributed by atoms with Crippen LogP contribution < -0.4 is 0 Å². The van der Waals surface area contributed by atoms with E-state index in [4.69, 9.17) is 21.1 Å². The maximum atomic E-state index is 12.1. The van der Waals surface area contributed by atoms with E-state index in [2.05, 4.69) is 6.92 Å². The van der Waals surface area contributed by atoms with Crippen molar-refractivity contribution >= 4 is 23.5 Å². The predicted octanol–water partition coefficient (Wildman–Crippen LogP) is 5.77. The van der Waals surface area contributed by atoms with E-state index in [0.717, 1.165) is 38.5 Å². The summed E-state index contributed by atoms with van der Waals surface area (Å²) in [7, 11) is 0. The quantitative estimate of drug-likeness (QED) is 0.233. The number of carbonyl (C=O) groups excluding carboxylic acids is 2.